The van der Waals surface area contributed by atoms with Gasteiger partial charge in [0.1, 0.15) is 0 Å². The summed E-state index contributed by atoms with van der Waals surface area (Å²) >= 11 is 1.81. The monoisotopic (exact) mass is 275 g/mol. The molecule has 1 aromatic heterocycles. The maximum absolute atomic E-state index is 12.9. The van der Waals surface area contributed by atoms with E-state index in [1.54, 1.807) is 11.3 Å². The summed E-state index contributed by atoms with van der Waals surface area (Å²) in [5.41, 5.74) is 0. The Balaban J connectivity index is 1.53. The van der Waals surface area contributed by atoms with Crippen molar-refractivity contribution in [3.05, 3.63) is 22.4 Å². The summed E-state index contributed by atoms with van der Waals surface area (Å²) in [5, 5.41) is 2.13. The van der Waals surface area contributed by atoms with Gasteiger partial charge in [-0.3, -0.25) is 4.79 Å². The van der Waals surface area contributed by atoms with Crippen molar-refractivity contribution in [2.75, 3.05) is 6.54 Å². The third kappa shape index (κ3) is 1.94. The van der Waals surface area contributed by atoms with Gasteiger partial charge in [0.05, 0.1) is 6.04 Å². The van der Waals surface area contributed by atoms with Crippen molar-refractivity contribution in [1.82, 2.24) is 4.90 Å². The van der Waals surface area contributed by atoms with E-state index in [1.807, 2.05) is 0 Å². The highest BCUT2D eigenvalue weighted by molar-refractivity contribution is 7.10. The molecule has 4 atom stereocenters. The van der Waals surface area contributed by atoms with E-state index < -0.39 is 0 Å². The molecule has 1 amide bonds. The Morgan fingerprint density at radius 1 is 1.26 bits per heavy atom. The molecule has 1 saturated heterocycles. The Morgan fingerprint density at radius 2 is 2.21 bits per heavy atom. The third-order valence-corrected chi connectivity index (χ3v) is 6.44. The lowest BCUT2D eigenvalue weighted by Crippen LogP contribution is -2.37. The van der Waals surface area contributed by atoms with Crippen LogP contribution in [0.5, 0.6) is 0 Å². The van der Waals surface area contributed by atoms with E-state index in [4.69, 9.17) is 0 Å². The predicted molar refractivity (Wildman–Crippen MR) is 76.9 cm³/mol. The van der Waals surface area contributed by atoms with Crippen LogP contribution in [0.25, 0.3) is 0 Å². The summed E-state index contributed by atoms with van der Waals surface area (Å²) in [6.07, 6.45) is 7.52. The minimum absolute atomic E-state index is 0.360. The second-order valence-electron chi connectivity index (χ2n) is 6.49. The van der Waals surface area contributed by atoms with Crippen LogP contribution >= 0.6 is 11.3 Å². The number of carbonyl (C=O) groups excluding carboxylic acids is 1. The SMILES string of the molecule is O=C(C1CC2CCC1C2)N1CCCC1c1cccs1. The number of nitrogens with zero attached hydrogens (tertiary/aromatic N) is 1. The summed E-state index contributed by atoms with van der Waals surface area (Å²) in [6.45, 7) is 0.981. The molecule has 4 unspecified atom stereocenters. The molecular weight excluding hydrogens is 254 g/mol. The fourth-order valence-corrected chi connectivity index (χ4v) is 5.44. The molecule has 0 aromatic carbocycles. The average Bonchev–Trinajstić information content (AvgIpc) is 3.17. The number of carbonyl (C=O) groups is 1. The predicted octanol–water partition coefficient (Wildman–Crippen LogP) is 3.85. The van der Waals surface area contributed by atoms with Crippen molar-refractivity contribution in [2.24, 2.45) is 17.8 Å². The normalized spacial score (nSPS) is 37.2. The first-order valence-electron chi connectivity index (χ1n) is 7.67. The second kappa shape index (κ2) is 4.62. The Bertz CT molecular complexity index is 469. The smallest absolute Gasteiger partial charge is 0.226 e. The number of likely N-dealkylation sites (tertiary alicyclic amines) is 1. The van der Waals surface area contributed by atoms with E-state index in [2.05, 4.69) is 22.4 Å². The van der Waals surface area contributed by atoms with Crippen molar-refractivity contribution in [3.8, 4) is 0 Å². The highest BCUT2D eigenvalue weighted by atomic mass is 32.1. The Hall–Kier alpha value is -0.830. The molecule has 0 spiro atoms. The number of hydrogen-bond acceptors (Lipinski definition) is 2. The number of hydrogen-bond donors (Lipinski definition) is 0. The first-order chi connectivity index (χ1) is 9.33. The van der Waals surface area contributed by atoms with Gasteiger partial charge < -0.3 is 4.90 Å². The average molecular weight is 275 g/mol. The second-order valence-corrected chi connectivity index (χ2v) is 7.47. The van der Waals surface area contributed by atoms with Crippen LogP contribution in [0.3, 0.4) is 0 Å². The van der Waals surface area contributed by atoms with Crippen LogP contribution in [0, 0.1) is 17.8 Å². The van der Waals surface area contributed by atoms with Gasteiger partial charge in [0.15, 0.2) is 0 Å². The minimum Gasteiger partial charge on any atom is -0.335 e. The molecule has 3 heteroatoms. The van der Waals surface area contributed by atoms with Crippen molar-refractivity contribution < 1.29 is 4.79 Å². The molecule has 0 radical (unpaired) electrons. The molecule has 2 aliphatic carbocycles. The van der Waals surface area contributed by atoms with E-state index in [1.165, 1.54) is 37.0 Å². The molecule has 2 saturated carbocycles. The van der Waals surface area contributed by atoms with E-state index >= 15 is 0 Å². The lowest BCUT2D eigenvalue weighted by molar-refractivity contribution is -0.138. The van der Waals surface area contributed by atoms with Gasteiger partial charge in [-0.15, -0.1) is 11.3 Å². The molecule has 2 heterocycles. The van der Waals surface area contributed by atoms with E-state index in [-0.39, 0.29) is 0 Å². The zero-order valence-corrected chi connectivity index (χ0v) is 12.1. The van der Waals surface area contributed by atoms with Gasteiger partial charge >= 0.3 is 0 Å². The maximum Gasteiger partial charge on any atom is 0.226 e. The zero-order valence-electron chi connectivity index (χ0n) is 11.3. The van der Waals surface area contributed by atoms with Crippen LogP contribution in [0.15, 0.2) is 17.5 Å². The largest absolute Gasteiger partial charge is 0.335 e. The number of thiophene rings is 1. The fourth-order valence-electron chi connectivity index (χ4n) is 4.57. The highest BCUT2D eigenvalue weighted by Gasteiger charge is 2.46. The van der Waals surface area contributed by atoms with Gasteiger partial charge in [0, 0.05) is 17.3 Å². The lowest BCUT2D eigenvalue weighted by atomic mass is 9.87. The molecular formula is C16H21NOS. The van der Waals surface area contributed by atoms with Crippen LogP contribution in [-0.2, 0) is 4.79 Å². The molecule has 3 aliphatic rings. The fraction of sp³-hybridized carbons (Fsp3) is 0.688. The highest BCUT2D eigenvalue weighted by Crippen LogP contribution is 2.50. The van der Waals surface area contributed by atoms with Gasteiger partial charge in [-0.05, 0) is 55.4 Å². The maximum atomic E-state index is 12.9. The van der Waals surface area contributed by atoms with Gasteiger partial charge in [-0.2, -0.15) is 0 Å². The van der Waals surface area contributed by atoms with Crippen LogP contribution in [0.2, 0.25) is 0 Å². The first-order valence-corrected chi connectivity index (χ1v) is 8.55. The molecule has 2 nitrogen and oxygen atoms in total. The van der Waals surface area contributed by atoms with E-state index in [0.29, 0.717) is 23.8 Å². The summed E-state index contributed by atoms with van der Waals surface area (Å²) in [7, 11) is 0. The van der Waals surface area contributed by atoms with Crippen LogP contribution in [0.1, 0.15) is 49.4 Å². The lowest BCUT2D eigenvalue weighted by Gasteiger charge is -2.30. The molecule has 0 N–H and O–H groups in total. The molecule has 19 heavy (non-hydrogen) atoms. The summed E-state index contributed by atoms with van der Waals surface area (Å²) in [4.78, 5) is 16.5. The number of amides is 1. The molecule has 1 aliphatic heterocycles. The Labute approximate surface area is 118 Å². The van der Waals surface area contributed by atoms with Gasteiger partial charge in [0.2, 0.25) is 5.91 Å². The topological polar surface area (TPSA) is 20.3 Å². The minimum atomic E-state index is 0.360. The zero-order chi connectivity index (χ0) is 12.8. The molecule has 2 bridgehead atoms. The Morgan fingerprint density at radius 3 is 2.89 bits per heavy atom. The van der Waals surface area contributed by atoms with E-state index in [0.717, 1.165) is 18.9 Å². The van der Waals surface area contributed by atoms with Crippen molar-refractivity contribution in [2.45, 2.75) is 44.6 Å². The number of rotatable bonds is 2. The quantitative estimate of drug-likeness (QED) is 0.803. The summed E-state index contributed by atoms with van der Waals surface area (Å²) < 4.78 is 0. The standard InChI is InChI=1S/C16H21NOS/c18-16(13-10-11-5-6-12(13)9-11)17-7-1-3-14(17)15-4-2-8-19-15/h2,4,8,11-14H,1,3,5-7,9-10H2. The van der Waals surface area contributed by atoms with E-state index in [9.17, 15) is 4.79 Å². The van der Waals surface area contributed by atoms with Gasteiger partial charge in [0.25, 0.3) is 0 Å². The molecule has 3 fully saturated rings. The van der Waals surface area contributed by atoms with Crippen LogP contribution in [0.4, 0.5) is 0 Å². The van der Waals surface area contributed by atoms with Gasteiger partial charge in [-0.25, -0.2) is 0 Å². The van der Waals surface area contributed by atoms with Crippen LogP contribution < -0.4 is 0 Å². The van der Waals surface area contributed by atoms with Crippen molar-refractivity contribution >= 4 is 17.2 Å². The number of fused-ring (bicyclic) bond motifs is 2. The molecule has 102 valence electrons. The third-order valence-electron chi connectivity index (χ3n) is 5.46. The first kappa shape index (κ1) is 12.0. The summed E-state index contributed by atoms with van der Waals surface area (Å²) in [5.74, 6) is 2.41. The van der Waals surface area contributed by atoms with Crippen LogP contribution in [-0.4, -0.2) is 17.4 Å². The van der Waals surface area contributed by atoms with Crippen molar-refractivity contribution in [3.63, 3.8) is 0 Å². The molecule has 4 rings (SSSR count). The Kier molecular flexibility index (Phi) is 2.91. The van der Waals surface area contributed by atoms with Crippen molar-refractivity contribution in [1.29, 1.82) is 0 Å². The summed E-state index contributed by atoms with van der Waals surface area (Å²) in [6, 6.07) is 4.69. The molecule has 1 aromatic rings. The van der Waals surface area contributed by atoms with Gasteiger partial charge in [-0.1, -0.05) is 12.5 Å².